The number of aryl methyl sites for hydroxylation is 1. The zero-order valence-corrected chi connectivity index (χ0v) is 12.9. The minimum Gasteiger partial charge on any atom is -0.388 e. The average molecular weight is 295 g/mol. The fourth-order valence-corrected chi connectivity index (χ4v) is 1.57. The van der Waals surface area contributed by atoms with Crippen LogP contribution in [0.3, 0.4) is 0 Å². The summed E-state index contributed by atoms with van der Waals surface area (Å²) in [5.74, 6) is 0.887. The van der Waals surface area contributed by atoms with Crippen molar-refractivity contribution in [3.63, 3.8) is 0 Å². The predicted octanol–water partition coefficient (Wildman–Crippen LogP) is 0.993. The molecule has 4 N–H and O–H groups in total. The van der Waals surface area contributed by atoms with Crippen molar-refractivity contribution in [2.45, 2.75) is 27.2 Å². The van der Waals surface area contributed by atoms with Crippen molar-refractivity contribution in [2.24, 2.45) is 11.7 Å². The lowest BCUT2D eigenvalue weighted by Gasteiger charge is -2.09. The maximum atomic E-state index is 11.5. The summed E-state index contributed by atoms with van der Waals surface area (Å²) in [4.78, 5) is 20.2. The number of carbonyl (C=O) groups excluding carboxylic acids is 1. The van der Waals surface area contributed by atoms with Crippen LogP contribution in [-0.2, 0) is 4.79 Å². The Kier molecular flexibility index (Phi) is 6.30. The summed E-state index contributed by atoms with van der Waals surface area (Å²) in [6, 6.07) is 1.73. The van der Waals surface area contributed by atoms with Crippen LogP contribution in [-0.4, -0.2) is 34.0 Å². The second-order valence-electron chi connectivity index (χ2n) is 4.96. The zero-order valence-electron chi connectivity index (χ0n) is 12.1. The lowest BCUT2D eigenvalue weighted by Crippen LogP contribution is -2.29. The van der Waals surface area contributed by atoms with Crippen LogP contribution in [0.15, 0.2) is 6.07 Å². The first kappa shape index (κ1) is 16.3. The summed E-state index contributed by atoms with van der Waals surface area (Å²) in [7, 11) is 0. The Morgan fingerprint density at radius 1 is 1.45 bits per heavy atom. The molecule has 0 radical (unpaired) electrons. The van der Waals surface area contributed by atoms with Crippen molar-refractivity contribution >= 4 is 29.1 Å². The fraction of sp³-hybridized carbons (Fsp3) is 0.538. The van der Waals surface area contributed by atoms with E-state index in [1.54, 1.807) is 6.07 Å². The minimum atomic E-state index is 0.00780. The largest absolute Gasteiger partial charge is 0.388 e. The number of nitrogens with one attached hydrogen (secondary N) is 2. The molecule has 0 fully saturated rings. The maximum absolute atomic E-state index is 11.5. The molecule has 1 aromatic heterocycles. The maximum Gasteiger partial charge on any atom is 0.223 e. The molecule has 0 spiro atoms. The number of aromatic nitrogens is 2. The van der Waals surface area contributed by atoms with Gasteiger partial charge in [0.25, 0.3) is 0 Å². The lowest BCUT2D eigenvalue weighted by atomic mass is 10.2. The number of nitrogens with zero attached hydrogens (tertiary/aromatic N) is 2. The summed E-state index contributed by atoms with van der Waals surface area (Å²) in [6.45, 7) is 7.09. The second kappa shape index (κ2) is 7.74. The molecule has 0 aliphatic rings. The van der Waals surface area contributed by atoms with Gasteiger partial charge in [-0.25, -0.2) is 9.97 Å². The summed E-state index contributed by atoms with van der Waals surface area (Å²) >= 11 is 4.89. The zero-order chi connectivity index (χ0) is 15.1. The van der Waals surface area contributed by atoms with Gasteiger partial charge in [-0.15, -0.1) is 0 Å². The molecule has 0 aliphatic heterocycles. The van der Waals surface area contributed by atoms with Crippen LogP contribution in [0.5, 0.6) is 0 Å². The van der Waals surface area contributed by atoms with E-state index in [-0.39, 0.29) is 10.9 Å². The lowest BCUT2D eigenvalue weighted by molar-refractivity contribution is -0.120. The molecule has 1 rings (SSSR count). The smallest absolute Gasteiger partial charge is 0.223 e. The highest BCUT2D eigenvalue weighted by atomic mass is 32.1. The highest BCUT2D eigenvalue weighted by Crippen LogP contribution is 2.04. The standard InChI is InChI=1S/C13H21N5OS/c1-8(2)7-16-11(19)4-5-15-13-17-9(3)6-10(18-13)12(14)20/h6,8H,4-5,7H2,1-3H3,(H2,14,20)(H,16,19)(H,15,17,18). The Bertz CT molecular complexity index is 490. The average Bonchev–Trinajstić information content (AvgIpc) is 2.35. The van der Waals surface area contributed by atoms with Crippen molar-refractivity contribution in [3.05, 3.63) is 17.5 Å². The van der Waals surface area contributed by atoms with E-state index in [0.29, 0.717) is 37.1 Å². The van der Waals surface area contributed by atoms with E-state index in [9.17, 15) is 4.79 Å². The topological polar surface area (TPSA) is 92.9 Å². The first-order chi connectivity index (χ1) is 9.38. The monoisotopic (exact) mass is 295 g/mol. The Morgan fingerprint density at radius 2 is 2.15 bits per heavy atom. The van der Waals surface area contributed by atoms with E-state index in [4.69, 9.17) is 18.0 Å². The number of amides is 1. The van der Waals surface area contributed by atoms with E-state index in [1.165, 1.54) is 0 Å². The molecule has 0 atom stereocenters. The first-order valence-electron chi connectivity index (χ1n) is 6.54. The number of rotatable bonds is 7. The third-order valence-corrected chi connectivity index (χ3v) is 2.66. The molecule has 0 saturated heterocycles. The van der Waals surface area contributed by atoms with Gasteiger partial charge < -0.3 is 16.4 Å². The van der Waals surface area contributed by atoms with Crippen molar-refractivity contribution in [1.29, 1.82) is 0 Å². The summed E-state index contributed by atoms with van der Waals surface area (Å²) < 4.78 is 0. The van der Waals surface area contributed by atoms with Crippen LogP contribution in [0.25, 0.3) is 0 Å². The highest BCUT2D eigenvalue weighted by Gasteiger charge is 2.06. The number of hydrogen-bond donors (Lipinski definition) is 3. The third kappa shape index (κ3) is 5.92. The summed E-state index contributed by atoms with van der Waals surface area (Å²) in [6.07, 6.45) is 0.367. The number of nitrogens with two attached hydrogens (primary N) is 1. The molecule has 0 bridgehead atoms. The molecule has 1 amide bonds. The van der Waals surface area contributed by atoms with Gasteiger partial charge in [-0.05, 0) is 18.9 Å². The molecule has 1 heterocycles. The third-order valence-electron chi connectivity index (χ3n) is 2.45. The van der Waals surface area contributed by atoms with E-state index in [2.05, 4.69) is 34.4 Å². The molecule has 0 unspecified atom stereocenters. The van der Waals surface area contributed by atoms with Gasteiger partial charge in [0.05, 0.1) is 0 Å². The highest BCUT2D eigenvalue weighted by molar-refractivity contribution is 7.80. The van der Waals surface area contributed by atoms with Crippen molar-refractivity contribution in [1.82, 2.24) is 15.3 Å². The Labute approximate surface area is 124 Å². The van der Waals surface area contributed by atoms with E-state index in [0.717, 1.165) is 5.69 Å². The molecule has 6 nitrogen and oxygen atoms in total. The molecular formula is C13H21N5OS. The van der Waals surface area contributed by atoms with Gasteiger partial charge in [0.15, 0.2) is 0 Å². The van der Waals surface area contributed by atoms with Gasteiger partial charge in [-0.2, -0.15) is 0 Å². The van der Waals surface area contributed by atoms with Crippen LogP contribution in [0, 0.1) is 12.8 Å². The van der Waals surface area contributed by atoms with E-state index >= 15 is 0 Å². The van der Waals surface area contributed by atoms with Crippen molar-refractivity contribution in [3.8, 4) is 0 Å². The van der Waals surface area contributed by atoms with Crippen LogP contribution < -0.4 is 16.4 Å². The van der Waals surface area contributed by atoms with Crippen molar-refractivity contribution < 1.29 is 4.79 Å². The van der Waals surface area contributed by atoms with Gasteiger partial charge >= 0.3 is 0 Å². The number of hydrogen-bond acceptors (Lipinski definition) is 5. The Hall–Kier alpha value is -1.76. The van der Waals surface area contributed by atoms with Crippen LogP contribution >= 0.6 is 12.2 Å². The normalized spacial score (nSPS) is 10.4. The van der Waals surface area contributed by atoms with Gasteiger partial charge in [0.2, 0.25) is 11.9 Å². The molecule has 20 heavy (non-hydrogen) atoms. The molecule has 0 saturated carbocycles. The van der Waals surface area contributed by atoms with Gasteiger partial charge in [0.1, 0.15) is 10.7 Å². The molecule has 1 aromatic rings. The van der Waals surface area contributed by atoms with E-state index in [1.807, 2.05) is 6.92 Å². The molecular weight excluding hydrogens is 274 g/mol. The fourth-order valence-electron chi connectivity index (χ4n) is 1.47. The first-order valence-corrected chi connectivity index (χ1v) is 6.95. The van der Waals surface area contributed by atoms with Crippen LogP contribution in [0.2, 0.25) is 0 Å². The Balaban J connectivity index is 2.46. The molecule has 7 heteroatoms. The Morgan fingerprint density at radius 3 is 2.75 bits per heavy atom. The molecule has 0 aliphatic carbocycles. The molecule has 110 valence electrons. The summed E-state index contributed by atoms with van der Waals surface area (Å²) in [5, 5.41) is 5.85. The van der Waals surface area contributed by atoms with Crippen molar-refractivity contribution in [2.75, 3.05) is 18.4 Å². The van der Waals surface area contributed by atoms with E-state index < -0.39 is 0 Å². The SMILES string of the molecule is Cc1cc(C(N)=S)nc(NCCC(=O)NCC(C)C)n1. The van der Waals surface area contributed by atoms with Crippen LogP contribution in [0.4, 0.5) is 5.95 Å². The minimum absolute atomic E-state index is 0.00780. The number of thiocarbonyl (C=S) groups is 1. The second-order valence-corrected chi connectivity index (χ2v) is 5.40. The van der Waals surface area contributed by atoms with Gasteiger partial charge in [-0.1, -0.05) is 26.1 Å². The van der Waals surface area contributed by atoms with Crippen LogP contribution in [0.1, 0.15) is 31.7 Å². The quantitative estimate of drug-likeness (QED) is 0.650. The summed E-state index contributed by atoms with van der Waals surface area (Å²) in [5.41, 5.74) is 6.85. The predicted molar refractivity (Wildman–Crippen MR) is 83.6 cm³/mol. The molecule has 0 aromatic carbocycles. The van der Waals surface area contributed by atoms with Gasteiger partial charge in [-0.3, -0.25) is 4.79 Å². The number of carbonyl (C=O) groups is 1. The van der Waals surface area contributed by atoms with Gasteiger partial charge in [0, 0.05) is 25.2 Å². The number of anilines is 1.